The van der Waals surface area contributed by atoms with Gasteiger partial charge in [-0.15, -0.1) is 11.3 Å². The lowest BCUT2D eigenvalue weighted by molar-refractivity contribution is -0.147. The van der Waals surface area contributed by atoms with Crippen molar-refractivity contribution in [3.63, 3.8) is 0 Å². The molecule has 2 amide bonds. The number of aliphatic carboxylic acids is 1. The summed E-state index contributed by atoms with van der Waals surface area (Å²) in [6.45, 7) is 7.50. The van der Waals surface area contributed by atoms with Gasteiger partial charge in [-0.1, -0.05) is 23.7 Å². The lowest BCUT2D eigenvalue weighted by Gasteiger charge is -2.38. The molecule has 2 aromatic rings. The Morgan fingerprint density at radius 2 is 2.07 bits per heavy atom. The number of urea groups is 1. The molecule has 5 rings (SSSR count). The van der Waals surface area contributed by atoms with Crippen molar-refractivity contribution in [2.45, 2.75) is 32.7 Å². The van der Waals surface area contributed by atoms with E-state index in [1.807, 2.05) is 11.5 Å². The van der Waals surface area contributed by atoms with Crippen LogP contribution in [-0.4, -0.2) is 94.7 Å². The number of hydrogen-bond acceptors (Lipinski definition) is 8. The molecule has 0 bridgehead atoms. The highest BCUT2D eigenvalue weighted by Gasteiger charge is 2.44. The zero-order valence-electron chi connectivity index (χ0n) is 23.6. The fourth-order valence-corrected chi connectivity index (χ4v) is 6.53. The van der Waals surface area contributed by atoms with Gasteiger partial charge in [0.15, 0.2) is 0 Å². The molecule has 3 aliphatic rings. The van der Waals surface area contributed by atoms with Gasteiger partial charge in [0.05, 0.1) is 34.4 Å². The number of amides is 2. The molecule has 224 valence electrons. The zero-order chi connectivity index (χ0) is 30.2. The van der Waals surface area contributed by atoms with Crippen LogP contribution < -0.4 is 5.32 Å². The highest BCUT2D eigenvalue weighted by molar-refractivity contribution is 7.10. The van der Waals surface area contributed by atoms with Gasteiger partial charge in [-0.2, -0.15) is 0 Å². The first-order valence-electron chi connectivity index (χ1n) is 13.7. The Balaban J connectivity index is 1.45. The van der Waals surface area contributed by atoms with Crippen LogP contribution in [0.2, 0.25) is 5.02 Å². The Hall–Kier alpha value is -3.48. The minimum Gasteiger partial charge on any atom is -0.481 e. The van der Waals surface area contributed by atoms with E-state index in [1.54, 1.807) is 48.9 Å². The van der Waals surface area contributed by atoms with Crippen molar-refractivity contribution in [2.24, 2.45) is 5.41 Å². The molecule has 42 heavy (non-hydrogen) atoms. The van der Waals surface area contributed by atoms with E-state index in [0.29, 0.717) is 60.3 Å². The number of carboxylic acids is 1. The maximum Gasteiger partial charge on any atom is 0.336 e. The van der Waals surface area contributed by atoms with Gasteiger partial charge < -0.3 is 25.0 Å². The zero-order valence-corrected chi connectivity index (χ0v) is 25.2. The number of halogens is 2. The van der Waals surface area contributed by atoms with Crippen LogP contribution in [0.5, 0.6) is 0 Å². The second-order valence-electron chi connectivity index (χ2n) is 11.2. The number of carboxylic acid groups (broad SMARTS) is 1. The fraction of sp³-hybridized carbons (Fsp3) is 0.448. The number of carbonyl (C=O) groups excluding carboxylic acids is 2. The van der Waals surface area contributed by atoms with Crippen LogP contribution in [-0.2, 0) is 14.3 Å². The summed E-state index contributed by atoms with van der Waals surface area (Å²) in [4.78, 5) is 48.2. The molecule has 0 aliphatic carbocycles. The number of esters is 1. The number of nitrogens with one attached hydrogen (secondary N) is 1. The largest absolute Gasteiger partial charge is 0.481 e. The summed E-state index contributed by atoms with van der Waals surface area (Å²) < 4.78 is 20.1. The standard InChI is InChI=1S/C29H33ClFN5O5S/c1-4-41-26(37)23-19(18-6-5-7-20(31)24(18)30)12-21(25-32-8-11-42-25)33-22(23)15-34-9-10-36-17(13-34)14-35(28(36)40)16-29(2,3)27(38)39/h5-8,11-12,17,19,33H,4,9-10,13-16H2,1-3H3,(H,38,39)/t17-,19+/m1/s1. The molecular formula is C29H33ClFN5O5S. The number of benzene rings is 1. The molecule has 4 heterocycles. The summed E-state index contributed by atoms with van der Waals surface area (Å²) in [6, 6.07) is 4.24. The molecule has 0 unspecified atom stereocenters. The first-order chi connectivity index (χ1) is 20.0. The van der Waals surface area contributed by atoms with Gasteiger partial charge in [0.2, 0.25) is 0 Å². The molecule has 0 radical (unpaired) electrons. The molecule has 0 spiro atoms. The van der Waals surface area contributed by atoms with Gasteiger partial charge in [-0.05, 0) is 38.5 Å². The minimum atomic E-state index is -1.07. The number of thiazole rings is 1. The second kappa shape index (κ2) is 12.0. The number of nitrogens with zero attached hydrogens (tertiary/aromatic N) is 4. The quantitative estimate of drug-likeness (QED) is 0.406. The van der Waals surface area contributed by atoms with E-state index in [9.17, 15) is 23.9 Å². The molecule has 2 atom stereocenters. The van der Waals surface area contributed by atoms with E-state index >= 15 is 0 Å². The van der Waals surface area contributed by atoms with Crippen LogP contribution in [0.15, 0.2) is 47.1 Å². The van der Waals surface area contributed by atoms with Crippen LogP contribution in [0.3, 0.4) is 0 Å². The van der Waals surface area contributed by atoms with Crippen molar-refractivity contribution in [3.8, 4) is 0 Å². The van der Waals surface area contributed by atoms with E-state index in [-0.39, 0.29) is 30.2 Å². The number of allylic oxidation sites excluding steroid dienone is 1. The van der Waals surface area contributed by atoms with Gasteiger partial charge in [0.25, 0.3) is 0 Å². The van der Waals surface area contributed by atoms with Crippen molar-refractivity contribution in [2.75, 3.05) is 45.9 Å². The van der Waals surface area contributed by atoms with Crippen molar-refractivity contribution < 1.29 is 28.6 Å². The lowest BCUT2D eigenvalue weighted by atomic mass is 9.86. The van der Waals surface area contributed by atoms with Gasteiger partial charge in [0.1, 0.15) is 10.8 Å². The van der Waals surface area contributed by atoms with Crippen LogP contribution in [0.1, 0.15) is 37.3 Å². The molecule has 10 nitrogen and oxygen atoms in total. The Kier molecular flexibility index (Phi) is 8.58. The highest BCUT2D eigenvalue weighted by atomic mass is 35.5. The summed E-state index contributed by atoms with van der Waals surface area (Å²) >= 11 is 7.87. The summed E-state index contributed by atoms with van der Waals surface area (Å²) in [7, 11) is 0. The minimum absolute atomic E-state index is 0.0669. The summed E-state index contributed by atoms with van der Waals surface area (Å²) in [5.74, 6) is -2.76. The number of dihydropyridines is 1. The third kappa shape index (κ3) is 5.88. The average molecular weight is 618 g/mol. The Labute approximate surface area is 252 Å². The Bertz CT molecular complexity index is 1450. The van der Waals surface area contributed by atoms with Gasteiger partial charge in [-0.25, -0.2) is 19.0 Å². The maximum absolute atomic E-state index is 14.6. The molecule has 1 aromatic heterocycles. The van der Waals surface area contributed by atoms with Crippen LogP contribution in [0, 0.1) is 11.2 Å². The van der Waals surface area contributed by atoms with Crippen LogP contribution >= 0.6 is 22.9 Å². The highest BCUT2D eigenvalue weighted by Crippen LogP contribution is 2.40. The van der Waals surface area contributed by atoms with Crippen molar-refractivity contribution in [3.05, 3.63) is 68.5 Å². The van der Waals surface area contributed by atoms with E-state index in [4.69, 9.17) is 16.3 Å². The van der Waals surface area contributed by atoms with E-state index in [0.717, 1.165) is 0 Å². The van der Waals surface area contributed by atoms with Gasteiger partial charge in [-0.3, -0.25) is 9.69 Å². The summed E-state index contributed by atoms with van der Waals surface area (Å²) in [5.41, 5.74) is 0.972. The molecule has 1 aromatic carbocycles. The number of ether oxygens (including phenoxy) is 1. The average Bonchev–Trinajstić information content (AvgIpc) is 3.58. The predicted molar refractivity (Wildman–Crippen MR) is 156 cm³/mol. The fourth-order valence-electron chi connectivity index (χ4n) is 5.67. The summed E-state index contributed by atoms with van der Waals surface area (Å²) in [5, 5.41) is 15.4. The van der Waals surface area contributed by atoms with Crippen molar-refractivity contribution in [1.29, 1.82) is 0 Å². The molecule has 2 N–H and O–H groups in total. The van der Waals surface area contributed by atoms with E-state index < -0.39 is 29.1 Å². The topological polar surface area (TPSA) is 115 Å². The molecular weight excluding hydrogens is 585 g/mol. The monoisotopic (exact) mass is 617 g/mol. The van der Waals surface area contributed by atoms with Crippen LogP contribution in [0.4, 0.5) is 9.18 Å². The SMILES string of the molecule is CCOC(=O)C1=C(CN2CCN3C(=O)N(CC(C)(C)C(=O)O)C[C@H]3C2)NC(c2nccs2)=C[C@H]1c1cccc(F)c1Cl. The lowest BCUT2D eigenvalue weighted by Crippen LogP contribution is -2.53. The Morgan fingerprint density at radius 1 is 1.29 bits per heavy atom. The van der Waals surface area contributed by atoms with Crippen molar-refractivity contribution in [1.82, 2.24) is 25.0 Å². The number of rotatable bonds is 9. The molecule has 2 saturated heterocycles. The van der Waals surface area contributed by atoms with Crippen molar-refractivity contribution >= 4 is 46.6 Å². The maximum atomic E-state index is 14.6. The Morgan fingerprint density at radius 3 is 2.76 bits per heavy atom. The number of fused-ring (bicyclic) bond motifs is 1. The number of piperazine rings is 1. The molecule has 0 saturated carbocycles. The smallest absolute Gasteiger partial charge is 0.336 e. The third-order valence-electron chi connectivity index (χ3n) is 7.79. The first kappa shape index (κ1) is 30.0. The second-order valence-corrected chi connectivity index (χ2v) is 12.5. The number of aromatic nitrogens is 1. The number of carbonyl (C=O) groups is 3. The normalized spacial score (nSPS) is 21.3. The molecule has 13 heteroatoms. The third-order valence-corrected chi connectivity index (χ3v) is 9.00. The van der Waals surface area contributed by atoms with Crippen LogP contribution in [0.25, 0.3) is 5.70 Å². The first-order valence-corrected chi connectivity index (χ1v) is 15.0. The molecule has 3 aliphatic heterocycles. The van der Waals surface area contributed by atoms with E-state index in [2.05, 4.69) is 15.2 Å². The molecule has 2 fully saturated rings. The summed E-state index contributed by atoms with van der Waals surface area (Å²) in [6.07, 6.45) is 3.51. The van der Waals surface area contributed by atoms with E-state index in [1.165, 1.54) is 17.4 Å². The van der Waals surface area contributed by atoms with Gasteiger partial charge >= 0.3 is 18.0 Å². The van der Waals surface area contributed by atoms with Gasteiger partial charge in [0, 0.05) is 62.5 Å². The number of hydrogen-bond donors (Lipinski definition) is 2. The predicted octanol–water partition coefficient (Wildman–Crippen LogP) is 4.01.